The van der Waals surface area contributed by atoms with Crippen LogP contribution in [0, 0.1) is 6.92 Å². The highest BCUT2D eigenvalue weighted by Gasteiger charge is 2.12. The van der Waals surface area contributed by atoms with E-state index in [0.29, 0.717) is 29.6 Å². The first-order valence-corrected chi connectivity index (χ1v) is 4.13. The van der Waals surface area contributed by atoms with Crippen molar-refractivity contribution in [2.75, 3.05) is 5.32 Å². The van der Waals surface area contributed by atoms with Gasteiger partial charge in [-0.05, 0) is 0 Å². The van der Waals surface area contributed by atoms with E-state index in [9.17, 15) is 4.79 Å². The molecule has 0 fully saturated rings. The van der Waals surface area contributed by atoms with Gasteiger partial charge in [0.2, 0.25) is 18.1 Å². The highest BCUT2D eigenvalue weighted by atomic mass is 16.5. The molecule has 1 N–H and O–H groups in total. The van der Waals surface area contributed by atoms with Gasteiger partial charge in [0.25, 0.3) is 0 Å². The van der Waals surface area contributed by atoms with Crippen LogP contribution >= 0.6 is 0 Å². The average molecular weight is 205 g/mol. The molecule has 0 aliphatic rings. The van der Waals surface area contributed by atoms with Crippen LogP contribution in [-0.4, -0.2) is 26.5 Å². The molecule has 0 aliphatic heterocycles. The molecule has 0 atom stereocenters. The quantitative estimate of drug-likeness (QED) is 0.729. The minimum absolute atomic E-state index is 0.296. The summed E-state index contributed by atoms with van der Waals surface area (Å²) < 4.78 is 4.81. The summed E-state index contributed by atoms with van der Waals surface area (Å²) in [7, 11) is 0. The van der Waals surface area contributed by atoms with Crippen LogP contribution in [0.25, 0.3) is 11.5 Å². The molecule has 0 saturated carbocycles. The Labute approximate surface area is 84.6 Å². The summed E-state index contributed by atoms with van der Waals surface area (Å²) in [5.41, 5.74) is 0.376. The molecule has 1 amide bonds. The summed E-state index contributed by atoms with van der Waals surface area (Å²) in [4.78, 5) is 22.2. The van der Waals surface area contributed by atoms with Gasteiger partial charge in [0.1, 0.15) is 0 Å². The molecule has 0 aromatic carbocycles. The zero-order valence-electron chi connectivity index (χ0n) is 7.84. The molecule has 0 radical (unpaired) electrons. The summed E-state index contributed by atoms with van der Waals surface area (Å²) in [5.74, 6) is 1.02. The van der Waals surface area contributed by atoms with Crippen LogP contribution in [0.3, 0.4) is 0 Å². The second-order valence-corrected chi connectivity index (χ2v) is 2.65. The third-order valence-corrected chi connectivity index (χ3v) is 1.63. The molecule has 0 unspecified atom stereocenters. The molecule has 0 bridgehead atoms. The molecule has 2 aromatic rings. The van der Waals surface area contributed by atoms with Gasteiger partial charge in [-0.2, -0.15) is 4.98 Å². The number of aromatic nitrogens is 4. The lowest BCUT2D eigenvalue weighted by molar-refractivity contribution is -0.105. The van der Waals surface area contributed by atoms with Crippen molar-refractivity contribution >= 4 is 12.2 Å². The van der Waals surface area contributed by atoms with Crippen molar-refractivity contribution in [1.82, 2.24) is 20.1 Å². The normalized spacial score (nSPS) is 9.93. The number of hydrogen-bond donors (Lipinski definition) is 1. The predicted molar refractivity (Wildman–Crippen MR) is 49.7 cm³/mol. The number of nitrogens with zero attached hydrogens (tertiary/aromatic N) is 4. The second kappa shape index (κ2) is 3.82. The largest absolute Gasteiger partial charge is 0.339 e. The van der Waals surface area contributed by atoms with Crippen LogP contribution in [0.5, 0.6) is 0 Å². The van der Waals surface area contributed by atoms with E-state index in [-0.39, 0.29) is 0 Å². The fourth-order valence-corrected chi connectivity index (χ4v) is 1.06. The van der Waals surface area contributed by atoms with Crippen LogP contribution in [0.4, 0.5) is 5.82 Å². The van der Waals surface area contributed by atoms with Gasteiger partial charge in [0, 0.05) is 19.3 Å². The number of anilines is 1. The van der Waals surface area contributed by atoms with Crippen molar-refractivity contribution in [2.45, 2.75) is 6.92 Å². The van der Waals surface area contributed by atoms with Crippen molar-refractivity contribution in [3.63, 3.8) is 0 Å². The van der Waals surface area contributed by atoms with Crippen LogP contribution in [0.2, 0.25) is 0 Å². The Kier molecular flexibility index (Phi) is 2.36. The highest BCUT2D eigenvalue weighted by molar-refractivity contribution is 5.77. The van der Waals surface area contributed by atoms with Crippen molar-refractivity contribution in [3.05, 3.63) is 18.3 Å². The van der Waals surface area contributed by atoms with Crippen LogP contribution in [-0.2, 0) is 4.79 Å². The number of carbonyl (C=O) groups is 1. The Bertz CT molecular complexity index is 481. The predicted octanol–water partition coefficient (Wildman–Crippen LogP) is 0.403. The number of amides is 1. The van der Waals surface area contributed by atoms with Crippen LogP contribution in [0.15, 0.2) is 16.9 Å². The Balaban J connectivity index is 2.47. The van der Waals surface area contributed by atoms with E-state index in [0.717, 1.165) is 0 Å². The molecule has 2 heterocycles. The number of nitrogens with one attached hydrogen (secondary N) is 1. The fraction of sp³-hybridized carbons (Fsp3) is 0.125. The first kappa shape index (κ1) is 9.25. The molecule has 0 aliphatic carbocycles. The van der Waals surface area contributed by atoms with Gasteiger partial charge in [-0.25, -0.2) is 9.97 Å². The summed E-state index contributed by atoms with van der Waals surface area (Å²) >= 11 is 0. The smallest absolute Gasteiger partial charge is 0.224 e. The maximum Gasteiger partial charge on any atom is 0.224 e. The van der Waals surface area contributed by atoms with E-state index in [1.165, 1.54) is 12.4 Å². The molecule has 7 heteroatoms. The van der Waals surface area contributed by atoms with Crippen LogP contribution < -0.4 is 5.32 Å². The molecule has 2 aromatic heterocycles. The molecule has 2 rings (SSSR count). The maximum atomic E-state index is 10.3. The van der Waals surface area contributed by atoms with E-state index in [1.807, 2.05) is 0 Å². The van der Waals surface area contributed by atoms with Crippen molar-refractivity contribution in [3.8, 4) is 11.5 Å². The molecule has 15 heavy (non-hydrogen) atoms. The molecule has 0 spiro atoms. The van der Waals surface area contributed by atoms with E-state index in [4.69, 9.17) is 4.52 Å². The van der Waals surface area contributed by atoms with Gasteiger partial charge in [-0.15, -0.1) is 0 Å². The summed E-state index contributed by atoms with van der Waals surface area (Å²) in [6.07, 6.45) is 3.46. The van der Waals surface area contributed by atoms with Crippen molar-refractivity contribution in [2.24, 2.45) is 0 Å². The Morgan fingerprint density at radius 2 is 2.20 bits per heavy atom. The zero-order valence-corrected chi connectivity index (χ0v) is 7.84. The zero-order chi connectivity index (χ0) is 10.7. The second-order valence-electron chi connectivity index (χ2n) is 2.65. The van der Waals surface area contributed by atoms with Crippen LogP contribution in [0.1, 0.15) is 5.89 Å². The minimum atomic E-state index is 0.296. The van der Waals surface area contributed by atoms with Gasteiger partial charge in [0.15, 0.2) is 11.5 Å². The lowest BCUT2D eigenvalue weighted by Crippen LogP contribution is -2.01. The lowest BCUT2D eigenvalue weighted by atomic mass is 10.4. The molecule has 76 valence electrons. The SMILES string of the molecule is Cc1nc(-c2nccnc2NC=O)no1. The summed E-state index contributed by atoms with van der Waals surface area (Å²) in [5, 5.41) is 6.09. The van der Waals surface area contributed by atoms with Gasteiger partial charge in [0.05, 0.1) is 0 Å². The minimum Gasteiger partial charge on any atom is -0.339 e. The Hall–Kier alpha value is -2.31. The average Bonchev–Trinajstić information content (AvgIpc) is 2.66. The first-order valence-electron chi connectivity index (χ1n) is 4.13. The van der Waals surface area contributed by atoms with E-state index in [2.05, 4.69) is 25.4 Å². The van der Waals surface area contributed by atoms with Gasteiger partial charge in [-0.3, -0.25) is 4.79 Å². The topological polar surface area (TPSA) is 93.8 Å². The highest BCUT2D eigenvalue weighted by Crippen LogP contribution is 2.19. The number of rotatable bonds is 3. The van der Waals surface area contributed by atoms with Crippen molar-refractivity contribution < 1.29 is 9.32 Å². The van der Waals surface area contributed by atoms with Gasteiger partial charge < -0.3 is 9.84 Å². The van der Waals surface area contributed by atoms with E-state index < -0.39 is 0 Å². The van der Waals surface area contributed by atoms with Crippen molar-refractivity contribution in [1.29, 1.82) is 0 Å². The molecule has 0 saturated heterocycles. The number of hydrogen-bond acceptors (Lipinski definition) is 6. The van der Waals surface area contributed by atoms with E-state index >= 15 is 0 Å². The Morgan fingerprint density at radius 3 is 2.87 bits per heavy atom. The maximum absolute atomic E-state index is 10.3. The van der Waals surface area contributed by atoms with Gasteiger partial charge in [-0.1, -0.05) is 5.16 Å². The molecular weight excluding hydrogens is 198 g/mol. The monoisotopic (exact) mass is 205 g/mol. The van der Waals surface area contributed by atoms with Gasteiger partial charge >= 0.3 is 0 Å². The number of carbonyl (C=O) groups excluding carboxylic acids is 1. The lowest BCUT2D eigenvalue weighted by Gasteiger charge is -2.00. The molecular formula is C8H7N5O2. The summed E-state index contributed by atoms with van der Waals surface area (Å²) in [6, 6.07) is 0. The Morgan fingerprint density at radius 1 is 1.40 bits per heavy atom. The fourth-order valence-electron chi connectivity index (χ4n) is 1.06. The third kappa shape index (κ3) is 1.80. The summed E-state index contributed by atoms with van der Waals surface area (Å²) in [6.45, 7) is 1.67. The number of aryl methyl sites for hydroxylation is 1. The molecule has 7 nitrogen and oxygen atoms in total. The standard InChI is InChI=1S/C8H7N5O2/c1-5-12-8(13-15-5)6-7(11-4-14)10-3-2-9-6/h2-4H,1H3,(H,10,11,14). The third-order valence-electron chi connectivity index (χ3n) is 1.63. The first-order chi connectivity index (χ1) is 7.31. The van der Waals surface area contributed by atoms with E-state index in [1.54, 1.807) is 6.92 Å².